The second-order valence-electron chi connectivity index (χ2n) is 10.5. The summed E-state index contributed by atoms with van der Waals surface area (Å²) in [5, 5.41) is 0. The molecule has 0 radical (unpaired) electrons. The molecule has 176 valence electrons. The lowest BCUT2D eigenvalue weighted by Crippen LogP contribution is -2.23. The summed E-state index contributed by atoms with van der Waals surface area (Å²) in [5.74, 6) is 1.05. The fourth-order valence-corrected chi connectivity index (χ4v) is 5.15. The Kier molecular flexibility index (Phi) is 7.68. The number of esters is 1. The molecular weight excluding hydrogens is 420 g/mol. The Morgan fingerprint density at radius 2 is 1.94 bits per heavy atom. The third kappa shape index (κ3) is 5.72. The van der Waals surface area contributed by atoms with E-state index in [-0.39, 0.29) is 36.8 Å². The number of fused-ring (bicyclic) bond motifs is 3. The molecule has 0 spiro atoms. The number of carbonyl (C=O) groups excluding carboxylic acids is 1. The van der Waals surface area contributed by atoms with Crippen LogP contribution in [0.25, 0.3) is 0 Å². The first-order chi connectivity index (χ1) is 15.0. The summed E-state index contributed by atoms with van der Waals surface area (Å²) in [7, 11) is -1.16. The van der Waals surface area contributed by atoms with Gasteiger partial charge in [0.15, 0.2) is 0 Å². The maximum absolute atomic E-state index is 12.5. The van der Waals surface area contributed by atoms with Gasteiger partial charge < -0.3 is 18.6 Å². The van der Waals surface area contributed by atoms with Crippen LogP contribution in [-0.2, 0) is 19.0 Å². The summed E-state index contributed by atoms with van der Waals surface area (Å²) in [6.07, 6.45) is 2.55. The minimum absolute atomic E-state index is 0.0116. The van der Waals surface area contributed by atoms with Gasteiger partial charge in [-0.15, -0.1) is 0 Å². The first-order valence-corrected chi connectivity index (χ1v) is 15.2. The van der Waals surface area contributed by atoms with E-state index >= 15 is 0 Å². The van der Waals surface area contributed by atoms with Crippen molar-refractivity contribution in [1.29, 1.82) is 0 Å². The monoisotopic (exact) mass is 458 g/mol. The van der Waals surface area contributed by atoms with Crippen LogP contribution in [0.3, 0.4) is 0 Å². The summed E-state index contributed by atoms with van der Waals surface area (Å²) < 4.78 is 24.3. The number of carbonyl (C=O) groups is 1. The summed E-state index contributed by atoms with van der Waals surface area (Å²) in [6, 6.07) is 3.11. The van der Waals surface area contributed by atoms with Crippen molar-refractivity contribution in [3.8, 4) is 0 Å². The number of ether oxygens (including phenoxy) is 3. The molecule has 0 saturated carbocycles. The Morgan fingerprint density at radius 1 is 1.22 bits per heavy atom. The first-order valence-electron chi connectivity index (χ1n) is 11.5. The molecule has 5 nitrogen and oxygen atoms in total. The number of hydrogen-bond acceptors (Lipinski definition) is 5. The van der Waals surface area contributed by atoms with Crippen LogP contribution in [-0.4, -0.2) is 33.5 Å². The van der Waals surface area contributed by atoms with E-state index in [4.69, 9.17) is 18.6 Å². The molecule has 0 saturated heterocycles. The van der Waals surface area contributed by atoms with Crippen molar-refractivity contribution in [3.63, 3.8) is 0 Å². The molecule has 3 heterocycles. The minimum atomic E-state index is -1.16. The number of hydrogen-bond donors (Lipinski definition) is 0. The third-order valence-electron chi connectivity index (χ3n) is 6.32. The SMILES string of the molecule is C=C(C)[C@@H]1CCC2=C[C@@H](OC2=O)[C@@H](C(=C)C)c2cc(C)c(o2)[C@H]1OCOCC[Si](C)(C)C. The normalized spacial score (nSPS) is 25.7. The van der Waals surface area contributed by atoms with Gasteiger partial charge in [-0.2, -0.15) is 0 Å². The van der Waals surface area contributed by atoms with Gasteiger partial charge in [-0.05, 0) is 57.4 Å². The maximum atomic E-state index is 12.5. The van der Waals surface area contributed by atoms with Gasteiger partial charge >= 0.3 is 5.97 Å². The van der Waals surface area contributed by atoms with Crippen molar-refractivity contribution in [3.05, 3.63) is 59.1 Å². The highest BCUT2D eigenvalue weighted by Gasteiger charge is 2.39. The van der Waals surface area contributed by atoms with Gasteiger partial charge in [0.05, 0.1) is 5.92 Å². The van der Waals surface area contributed by atoms with Crippen LogP contribution in [0, 0.1) is 12.8 Å². The van der Waals surface area contributed by atoms with E-state index in [1.165, 1.54) is 0 Å². The lowest BCUT2D eigenvalue weighted by atomic mass is 9.86. The molecule has 32 heavy (non-hydrogen) atoms. The van der Waals surface area contributed by atoms with Gasteiger partial charge in [0.25, 0.3) is 0 Å². The minimum Gasteiger partial charge on any atom is -0.462 e. The Labute approximate surface area is 193 Å². The molecule has 0 unspecified atom stereocenters. The zero-order valence-electron chi connectivity index (χ0n) is 20.5. The molecule has 0 aromatic carbocycles. The van der Waals surface area contributed by atoms with E-state index in [2.05, 4.69) is 32.8 Å². The van der Waals surface area contributed by atoms with E-state index in [0.717, 1.165) is 40.7 Å². The average Bonchev–Trinajstić information content (AvgIpc) is 3.20. The topological polar surface area (TPSA) is 57.9 Å². The Hall–Kier alpha value is -1.89. The maximum Gasteiger partial charge on any atom is 0.334 e. The third-order valence-corrected chi connectivity index (χ3v) is 8.02. The predicted octanol–water partition coefficient (Wildman–Crippen LogP) is 6.46. The largest absolute Gasteiger partial charge is 0.462 e. The second kappa shape index (κ2) is 9.94. The van der Waals surface area contributed by atoms with Gasteiger partial charge in [-0.1, -0.05) is 43.9 Å². The molecule has 4 atom stereocenters. The molecule has 3 rings (SSSR count). The molecule has 0 aliphatic carbocycles. The fourth-order valence-electron chi connectivity index (χ4n) is 4.39. The van der Waals surface area contributed by atoms with E-state index in [9.17, 15) is 4.79 Å². The van der Waals surface area contributed by atoms with Crippen molar-refractivity contribution < 1.29 is 23.4 Å². The van der Waals surface area contributed by atoms with Crippen molar-refractivity contribution in [1.82, 2.24) is 0 Å². The number of rotatable bonds is 8. The van der Waals surface area contributed by atoms with E-state index in [1.54, 1.807) is 0 Å². The van der Waals surface area contributed by atoms with Crippen molar-refractivity contribution in [2.24, 2.45) is 5.92 Å². The lowest BCUT2D eigenvalue weighted by Gasteiger charge is -2.27. The zero-order chi connectivity index (χ0) is 23.6. The molecule has 4 bridgehead atoms. The van der Waals surface area contributed by atoms with Gasteiger partial charge in [0.1, 0.15) is 30.5 Å². The predicted molar refractivity (Wildman–Crippen MR) is 129 cm³/mol. The molecule has 2 aliphatic rings. The van der Waals surface area contributed by atoms with Crippen LogP contribution in [0.15, 0.2) is 46.4 Å². The van der Waals surface area contributed by atoms with E-state index in [0.29, 0.717) is 18.6 Å². The molecule has 1 aromatic heterocycles. The van der Waals surface area contributed by atoms with Crippen LogP contribution in [0.1, 0.15) is 55.8 Å². The van der Waals surface area contributed by atoms with Crippen LogP contribution < -0.4 is 0 Å². The van der Waals surface area contributed by atoms with Crippen LogP contribution in [0.5, 0.6) is 0 Å². The van der Waals surface area contributed by atoms with Gasteiger partial charge in [0, 0.05) is 26.2 Å². The summed E-state index contributed by atoms with van der Waals surface area (Å²) in [4.78, 5) is 12.5. The Bertz CT molecular complexity index is 904. The molecule has 1 aromatic rings. The average molecular weight is 459 g/mol. The zero-order valence-corrected chi connectivity index (χ0v) is 21.5. The molecular formula is C26H38O5Si. The van der Waals surface area contributed by atoms with Gasteiger partial charge in [-0.25, -0.2) is 4.79 Å². The Balaban J connectivity index is 1.92. The summed E-state index contributed by atoms with van der Waals surface area (Å²) in [5.41, 5.74) is 3.61. The first kappa shape index (κ1) is 24.7. The second-order valence-corrected chi connectivity index (χ2v) is 16.1. The smallest absolute Gasteiger partial charge is 0.334 e. The highest BCUT2D eigenvalue weighted by Crippen LogP contribution is 2.43. The van der Waals surface area contributed by atoms with Gasteiger partial charge in [0.2, 0.25) is 0 Å². The van der Waals surface area contributed by atoms with Crippen molar-refractivity contribution >= 4 is 14.0 Å². The number of furan rings is 1. The quantitative estimate of drug-likeness (QED) is 0.147. The molecule has 0 N–H and O–H groups in total. The van der Waals surface area contributed by atoms with Crippen LogP contribution in [0.2, 0.25) is 25.7 Å². The van der Waals surface area contributed by atoms with Crippen LogP contribution in [0.4, 0.5) is 0 Å². The molecule has 0 fully saturated rings. The van der Waals surface area contributed by atoms with E-state index in [1.807, 2.05) is 32.9 Å². The van der Waals surface area contributed by atoms with Crippen molar-refractivity contribution in [2.75, 3.05) is 13.4 Å². The van der Waals surface area contributed by atoms with Gasteiger partial charge in [-0.3, -0.25) is 0 Å². The lowest BCUT2D eigenvalue weighted by molar-refractivity contribution is -0.140. The number of aryl methyl sites for hydroxylation is 1. The van der Waals surface area contributed by atoms with Crippen molar-refractivity contribution in [2.45, 2.75) is 77.4 Å². The van der Waals surface area contributed by atoms with E-state index < -0.39 is 8.07 Å². The highest BCUT2D eigenvalue weighted by molar-refractivity contribution is 6.76. The van der Waals surface area contributed by atoms with Crippen LogP contribution >= 0.6 is 0 Å². The molecule has 2 aliphatic heterocycles. The molecule has 0 amide bonds. The highest BCUT2D eigenvalue weighted by atomic mass is 28.3. The fraction of sp³-hybridized carbons (Fsp3) is 0.577. The Morgan fingerprint density at radius 3 is 2.56 bits per heavy atom. The summed E-state index contributed by atoms with van der Waals surface area (Å²) in [6.45, 7) is 22.2. The summed E-state index contributed by atoms with van der Waals surface area (Å²) >= 11 is 0. The standard InChI is InChI=1S/C26H38O5Si/c1-16(2)20-10-9-19-14-22(31-26(19)27)23(17(3)4)21-13-18(5)24(30-21)25(20)29-15-28-11-12-32(6,7)8/h13-14,20,22-23,25H,1,3,9-12,15H2,2,4-8H3/t20-,22+,23-,25-/m0/s1. The molecule has 6 heteroatoms.